The van der Waals surface area contributed by atoms with Gasteiger partial charge in [-0.05, 0) is 25.0 Å². The molecule has 1 atom stereocenters. The van der Waals surface area contributed by atoms with Crippen molar-refractivity contribution in [1.29, 1.82) is 0 Å². The zero-order chi connectivity index (χ0) is 12.0. The minimum absolute atomic E-state index is 0.346. The lowest BCUT2D eigenvalue weighted by Crippen LogP contribution is -2.26. The van der Waals surface area contributed by atoms with Gasteiger partial charge in [0.2, 0.25) is 5.91 Å². The number of carbonyl (C=O) groups is 1. The lowest BCUT2D eigenvalue weighted by molar-refractivity contribution is 0.0999. The molecule has 0 saturated carbocycles. The van der Waals surface area contributed by atoms with E-state index in [9.17, 15) is 4.79 Å². The first-order valence-electron chi connectivity index (χ1n) is 5.37. The number of benzene rings is 1. The smallest absolute Gasteiger partial charge is 0.249 e. The van der Waals surface area contributed by atoms with Crippen LogP contribution in [0.2, 0.25) is 0 Å². The van der Waals surface area contributed by atoms with Crippen molar-refractivity contribution >= 4 is 5.91 Å². The van der Waals surface area contributed by atoms with Crippen molar-refractivity contribution in [2.45, 2.75) is 25.9 Å². The van der Waals surface area contributed by atoms with Crippen LogP contribution < -0.4 is 11.1 Å². The highest BCUT2D eigenvalue weighted by Crippen LogP contribution is 2.08. The molecule has 1 aromatic carbocycles. The Morgan fingerprint density at radius 2 is 2.25 bits per heavy atom. The molecule has 86 valence electrons. The van der Waals surface area contributed by atoms with Crippen LogP contribution in [0, 0.1) is 0 Å². The number of amides is 1. The minimum Gasteiger partial charge on any atom is -0.366 e. The van der Waals surface area contributed by atoms with Crippen molar-refractivity contribution in [3.05, 3.63) is 48.0 Å². The molecule has 0 radical (unpaired) electrons. The molecule has 3 N–H and O–H groups in total. The van der Waals surface area contributed by atoms with Gasteiger partial charge < -0.3 is 11.1 Å². The number of hydrogen-bond acceptors (Lipinski definition) is 2. The van der Waals surface area contributed by atoms with Crippen molar-refractivity contribution in [3.8, 4) is 0 Å². The summed E-state index contributed by atoms with van der Waals surface area (Å²) in [5.74, 6) is -0.381. The molecule has 0 aliphatic rings. The molecular weight excluding hydrogens is 200 g/mol. The second-order valence-corrected chi connectivity index (χ2v) is 3.83. The number of rotatable bonds is 6. The van der Waals surface area contributed by atoms with Crippen LogP contribution in [0.15, 0.2) is 36.9 Å². The van der Waals surface area contributed by atoms with Crippen molar-refractivity contribution < 1.29 is 4.79 Å². The molecule has 0 aliphatic carbocycles. The molecule has 16 heavy (non-hydrogen) atoms. The maximum absolute atomic E-state index is 11.2. The lowest BCUT2D eigenvalue weighted by Gasteiger charge is -2.13. The summed E-state index contributed by atoms with van der Waals surface area (Å²) in [5, 5.41) is 3.32. The molecule has 0 aromatic heterocycles. The van der Waals surface area contributed by atoms with Gasteiger partial charge in [0.1, 0.15) is 0 Å². The topological polar surface area (TPSA) is 55.1 Å². The number of primary amides is 1. The third-order valence-electron chi connectivity index (χ3n) is 2.44. The van der Waals surface area contributed by atoms with E-state index >= 15 is 0 Å². The van der Waals surface area contributed by atoms with Crippen LogP contribution in [0.4, 0.5) is 0 Å². The molecule has 0 fully saturated rings. The van der Waals surface area contributed by atoms with E-state index in [0.29, 0.717) is 18.2 Å². The summed E-state index contributed by atoms with van der Waals surface area (Å²) in [7, 11) is 0. The van der Waals surface area contributed by atoms with Gasteiger partial charge in [0.25, 0.3) is 0 Å². The molecule has 3 nitrogen and oxygen atoms in total. The molecule has 0 aliphatic heterocycles. The van der Waals surface area contributed by atoms with Gasteiger partial charge in [0, 0.05) is 18.2 Å². The van der Waals surface area contributed by atoms with Gasteiger partial charge in [-0.25, -0.2) is 0 Å². The van der Waals surface area contributed by atoms with Gasteiger partial charge in [0.15, 0.2) is 0 Å². The monoisotopic (exact) mass is 218 g/mol. The van der Waals surface area contributed by atoms with Crippen LogP contribution in [0.5, 0.6) is 0 Å². The van der Waals surface area contributed by atoms with Crippen LogP contribution in [0.1, 0.15) is 29.3 Å². The number of nitrogens with one attached hydrogen (secondary N) is 1. The summed E-state index contributed by atoms with van der Waals surface area (Å²) in [5.41, 5.74) is 6.82. The molecule has 1 aromatic rings. The number of carbonyl (C=O) groups excluding carboxylic acids is 1. The predicted molar refractivity (Wildman–Crippen MR) is 66.1 cm³/mol. The highest BCUT2D eigenvalue weighted by Gasteiger charge is 2.07. The summed E-state index contributed by atoms with van der Waals surface area (Å²) in [4.78, 5) is 11.2. The Hall–Kier alpha value is -1.61. The summed E-state index contributed by atoms with van der Waals surface area (Å²) >= 11 is 0. The van der Waals surface area contributed by atoms with E-state index in [1.165, 1.54) is 0 Å². The van der Waals surface area contributed by atoms with Gasteiger partial charge in [-0.15, -0.1) is 6.58 Å². The number of nitrogens with two attached hydrogens (primary N) is 1. The Bertz CT molecular complexity index is 374. The molecule has 0 saturated heterocycles. The standard InChI is InChI=1S/C13H18N2O/c1-3-6-10(2)15-9-11-7-4-5-8-12(11)13(14)16/h3-5,7-8,10,15H,1,6,9H2,2H3,(H2,14,16). The van der Waals surface area contributed by atoms with E-state index in [2.05, 4.69) is 18.8 Å². The Kier molecular flexibility index (Phi) is 4.73. The normalized spacial score (nSPS) is 12.1. The molecule has 3 heteroatoms. The van der Waals surface area contributed by atoms with Crippen molar-refractivity contribution in [2.75, 3.05) is 0 Å². The van der Waals surface area contributed by atoms with E-state index in [-0.39, 0.29) is 5.91 Å². The van der Waals surface area contributed by atoms with Crippen LogP contribution in [-0.2, 0) is 6.54 Å². The maximum Gasteiger partial charge on any atom is 0.249 e. The fourth-order valence-corrected chi connectivity index (χ4v) is 1.53. The second kappa shape index (κ2) is 6.08. The average Bonchev–Trinajstić information content (AvgIpc) is 2.27. The Morgan fingerprint density at radius 1 is 1.56 bits per heavy atom. The van der Waals surface area contributed by atoms with Gasteiger partial charge in [0.05, 0.1) is 0 Å². The van der Waals surface area contributed by atoms with E-state index in [0.717, 1.165) is 12.0 Å². The zero-order valence-corrected chi connectivity index (χ0v) is 9.57. The zero-order valence-electron chi connectivity index (χ0n) is 9.57. The first kappa shape index (κ1) is 12.5. The van der Waals surface area contributed by atoms with Crippen molar-refractivity contribution in [1.82, 2.24) is 5.32 Å². The van der Waals surface area contributed by atoms with E-state index in [1.54, 1.807) is 6.07 Å². The molecule has 1 rings (SSSR count). The quantitative estimate of drug-likeness (QED) is 0.716. The fourth-order valence-electron chi connectivity index (χ4n) is 1.53. The molecular formula is C13H18N2O. The van der Waals surface area contributed by atoms with Crippen LogP contribution in [0.3, 0.4) is 0 Å². The summed E-state index contributed by atoms with van der Waals surface area (Å²) in [6.07, 6.45) is 2.77. The van der Waals surface area contributed by atoms with E-state index in [1.807, 2.05) is 24.3 Å². The summed E-state index contributed by atoms with van der Waals surface area (Å²) in [6, 6.07) is 7.72. The molecule has 0 spiro atoms. The van der Waals surface area contributed by atoms with E-state index in [4.69, 9.17) is 5.73 Å². The van der Waals surface area contributed by atoms with Gasteiger partial charge >= 0.3 is 0 Å². The average molecular weight is 218 g/mol. The van der Waals surface area contributed by atoms with Gasteiger partial charge in [-0.3, -0.25) is 4.79 Å². The predicted octanol–water partition coefficient (Wildman–Crippen LogP) is 1.84. The van der Waals surface area contributed by atoms with Crippen LogP contribution in [0.25, 0.3) is 0 Å². The molecule has 0 bridgehead atoms. The van der Waals surface area contributed by atoms with Crippen LogP contribution in [-0.4, -0.2) is 11.9 Å². The first-order valence-corrected chi connectivity index (χ1v) is 5.37. The van der Waals surface area contributed by atoms with Gasteiger partial charge in [-0.1, -0.05) is 24.3 Å². The highest BCUT2D eigenvalue weighted by atomic mass is 16.1. The maximum atomic E-state index is 11.2. The molecule has 0 heterocycles. The van der Waals surface area contributed by atoms with Gasteiger partial charge in [-0.2, -0.15) is 0 Å². The third kappa shape index (κ3) is 3.51. The summed E-state index contributed by atoms with van der Waals surface area (Å²) < 4.78 is 0. The Balaban J connectivity index is 2.66. The number of hydrogen-bond donors (Lipinski definition) is 2. The largest absolute Gasteiger partial charge is 0.366 e. The lowest BCUT2D eigenvalue weighted by atomic mass is 10.1. The molecule has 1 unspecified atom stereocenters. The Labute approximate surface area is 96.3 Å². The van der Waals surface area contributed by atoms with Crippen molar-refractivity contribution in [3.63, 3.8) is 0 Å². The van der Waals surface area contributed by atoms with Crippen molar-refractivity contribution in [2.24, 2.45) is 5.73 Å². The first-order chi connectivity index (χ1) is 7.65. The van der Waals surface area contributed by atoms with Crippen LogP contribution >= 0.6 is 0 Å². The minimum atomic E-state index is -0.381. The SMILES string of the molecule is C=CCC(C)NCc1ccccc1C(N)=O. The Morgan fingerprint density at radius 3 is 2.88 bits per heavy atom. The fraction of sp³-hybridized carbons (Fsp3) is 0.308. The summed E-state index contributed by atoms with van der Waals surface area (Å²) in [6.45, 7) is 6.41. The highest BCUT2D eigenvalue weighted by molar-refractivity contribution is 5.94. The van der Waals surface area contributed by atoms with E-state index < -0.39 is 0 Å². The molecule has 1 amide bonds. The third-order valence-corrected chi connectivity index (χ3v) is 2.44. The second-order valence-electron chi connectivity index (χ2n) is 3.83.